The SMILES string of the molecule is COc1c(Cl)c(-c2ccccn2)cc2oc(=O)c(C)c(C)c12. The monoisotopic (exact) mass is 315 g/mol. The standard InChI is InChI=1S/C17H14ClNO3/c1-9-10(2)17(20)22-13-8-11(12-6-4-5-7-19-12)15(18)16(21-3)14(9)13/h4-8H,1-3H3. The highest BCUT2D eigenvalue weighted by atomic mass is 35.5. The van der Waals surface area contributed by atoms with Crippen LogP contribution >= 0.6 is 11.6 Å². The Bertz CT molecular complexity index is 917. The lowest BCUT2D eigenvalue weighted by Gasteiger charge is -2.14. The average Bonchev–Trinajstić information content (AvgIpc) is 2.54. The second kappa shape index (κ2) is 5.46. The number of halogens is 1. The van der Waals surface area contributed by atoms with Crippen LogP contribution in [0.1, 0.15) is 11.1 Å². The van der Waals surface area contributed by atoms with Gasteiger partial charge in [-0.2, -0.15) is 0 Å². The van der Waals surface area contributed by atoms with Crippen molar-refractivity contribution >= 4 is 22.6 Å². The Morgan fingerprint density at radius 1 is 1.23 bits per heavy atom. The number of aryl methyl sites for hydroxylation is 1. The van der Waals surface area contributed by atoms with Crippen LogP contribution in [0.4, 0.5) is 0 Å². The molecule has 5 heteroatoms. The number of pyridine rings is 1. The van der Waals surface area contributed by atoms with E-state index in [0.717, 1.165) is 5.56 Å². The van der Waals surface area contributed by atoms with Gasteiger partial charge < -0.3 is 9.15 Å². The summed E-state index contributed by atoms with van der Waals surface area (Å²) in [7, 11) is 1.54. The fraction of sp³-hybridized carbons (Fsp3) is 0.176. The summed E-state index contributed by atoms with van der Waals surface area (Å²) in [6.07, 6.45) is 1.68. The number of ether oxygens (including phenoxy) is 1. The van der Waals surface area contributed by atoms with Crippen LogP contribution in [0, 0.1) is 13.8 Å². The molecule has 4 nitrogen and oxygen atoms in total. The van der Waals surface area contributed by atoms with Gasteiger partial charge in [-0.05, 0) is 37.6 Å². The quantitative estimate of drug-likeness (QED) is 0.667. The molecule has 0 atom stereocenters. The first kappa shape index (κ1) is 14.6. The Balaban J connectivity index is 2.46. The molecule has 0 radical (unpaired) electrons. The predicted octanol–water partition coefficient (Wildman–Crippen LogP) is 4.13. The van der Waals surface area contributed by atoms with Gasteiger partial charge in [0.15, 0.2) is 0 Å². The number of benzene rings is 1. The van der Waals surface area contributed by atoms with Gasteiger partial charge in [0.05, 0.1) is 23.2 Å². The Morgan fingerprint density at radius 2 is 2.00 bits per heavy atom. The second-order valence-electron chi connectivity index (χ2n) is 5.00. The summed E-state index contributed by atoms with van der Waals surface area (Å²) in [5.74, 6) is 0.490. The van der Waals surface area contributed by atoms with Crippen molar-refractivity contribution in [3.8, 4) is 17.0 Å². The lowest BCUT2D eigenvalue weighted by molar-refractivity contribution is 0.418. The predicted molar refractivity (Wildman–Crippen MR) is 86.8 cm³/mol. The number of hydrogen-bond acceptors (Lipinski definition) is 4. The van der Waals surface area contributed by atoms with Gasteiger partial charge in [0, 0.05) is 17.3 Å². The molecule has 0 saturated heterocycles. The molecule has 0 aliphatic carbocycles. The minimum Gasteiger partial charge on any atom is -0.494 e. The van der Waals surface area contributed by atoms with Gasteiger partial charge in [0.25, 0.3) is 0 Å². The Labute approximate surface area is 132 Å². The third kappa shape index (κ3) is 2.16. The minimum absolute atomic E-state index is 0.360. The van der Waals surface area contributed by atoms with E-state index in [9.17, 15) is 4.79 Å². The fourth-order valence-electron chi connectivity index (χ4n) is 2.46. The molecule has 0 spiro atoms. The lowest BCUT2D eigenvalue weighted by Crippen LogP contribution is -2.06. The first-order chi connectivity index (χ1) is 10.5. The molecule has 0 fully saturated rings. The Hall–Kier alpha value is -2.33. The minimum atomic E-state index is -0.360. The van der Waals surface area contributed by atoms with Gasteiger partial charge in [-0.3, -0.25) is 4.98 Å². The van der Waals surface area contributed by atoms with Crippen LogP contribution in [0.3, 0.4) is 0 Å². The topological polar surface area (TPSA) is 52.3 Å². The van der Waals surface area contributed by atoms with Gasteiger partial charge in [-0.1, -0.05) is 17.7 Å². The maximum atomic E-state index is 11.9. The molecule has 0 aliphatic rings. The van der Waals surface area contributed by atoms with E-state index in [2.05, 4.69) is 4.98 Å². The molecule has 2 heterocycles. The fourth-order valence-corrected chi connectivity index (χ4v) is 2.79. The van der Waals surface area contributed by atoms with Crippen LogP contribution in [0.15, 0.2) is 39.7 Å². The number of fused-ring (bicyclic) bond motifs is 1. The average molecular weight is 316 g/mol. The summed E-state index contributed by atoms with van der Waals surface area (Å²) < 4.78 is 10.9. The summed E-state index contributed by atoms with van der Waals surface area (Å²) in [4.78, 5) is 16.2. The molecular weight excluding hydrogens is 302 g/mol. The number of methoxy groups -OCH3 is 1. The smallest absolute Gasteiger partial charge is 0.339 e. The van der Waals surface area contributed by atoms with E-state index in [1.807, 2.05) is 25.1 Å². The molecule has 0 unspecified atom stereocenters. The van der Waals surface area contributed by atoms with Crippen molar-refractivity contribution in [3.05, 3.63) is 57.0 Å². The summed E-state index contributed by atoms with van der Waals surface area (Å²) >= 11 is 6.50. The third-order valence-corrected chi connectivity index (χ3v) is 4.15. The summed E-state index contributed by atoms with van der Waals surface area (Å²) in [5, 5.41) is 1.16. The second-order valence-corrected chi connectivity index (χ2v) is 5.38. The molecule has 112 valence electrons. The Kier molecular flexibility index (Phi) is 3.62. The Morgan fingerprint density at radius 3 is 2.64 bits per heavy atom. The van der Waals surface area contributed by atoms with Crippen molar-refractivity contribution < 1.29 is 9.15 Å². The molecule has 0 amide bonds. The normalized spacial score (nSPS) is 10.9. The molecule has 0 saturated carbocycles. The summed E-state index contributed by atoms with van der Waals surface area (Å²) in [6, 6.07) is 7.26. The maximum absolute atomic E-state index is 11.9. The van der Waals surface area contributed by atoms with Crippen LogP contribution in [0.2, 0.25) is 5.02 Å². The summed E-state index contributed by atoms with van der Waals surface area (Å²) in [5.41, 5.74) is 2.79. The van der Waals surface area contributed by atoms with Crippen molar-refractivity contribution in [2.45, 2.75) is 13.8 Å². The molecule has 0 bridgehead atoms. The third-order valence-electron chi connectivity index (χ3n) is 3.78. The van der Waals surface area contributed by atoms with E-state index < -0.39 is 0 Å². The van der Waals surface area contributed by atoms with Gasteiger partial charge in [0.1, 0.15) is 11.3 Å². The van der Waals surface area contributed by atoms with Crippen molar-refractivity contribution in [2.75, 3.05) is 7.11 Å². The van der Waals surface area contributed by atoms with E-state index in [1.165, 1.54) is 0 Å². The molecule has 22 heavy (non-hydrogen) atoms. The molecular formula is C17H14ClNO3. The van der Waals surface area contributed by atoms with E-state index in [4.69, 9.17) is 20.8 Å². The largest absolute Gasteiger partial charge is 0.494 e. The van der Waals surface area contributed by atoms with Gasteiger partial charge >= 0.3 is 5.63 Å². The number of hydrogen-bond donors (Lipinski definition) is 0. The highest BCUT2D eigenvalue weighted by Gasteiger charge is 2.19. The van der Waals surface area contributed by atoms with E-state index in [0.29, 0.717) is 38.6 Å². The van der Waals surface area contributed by atoms with Gasteiger partial charge in [-0.25, -0.2) is 4.79 Å². The van der Waals surface area contributed by atoms with Crippen molar-refractivity contribution in [1.29, 1.82) is 0 Å². The zero-order chi connectivity index (χ0) is 15.9. The van der Waals surface area contributed by atoms with Crippen LogP contribution in [0.25, 0.3) is 22.2 Å². The molecule has 0 aliphatic heterocycles. The van der Waals surface area contributed by atoms with Crippen molar-refractivity contribution in [1.82, 2.24) is 4.98 Å². The summed E-state index contributed by atoms with van der Waals surface area (Å²) in [6.45, 7) is 3.58. The van der Waals surface area contributed by atoms with Crippen LogP contribution in [0.5, 0.6) is 5.75 Å². The van der Waals surface area contributed by atoms with Gasteiger partial charge in [-0.15, -0.1) is 0 Å². The molecule has 2 aromatic heterocycles. The molecule has 1 aromatic carbocycles. The highest BCUT2D eigenvalue weighted by Crippen LogP contribution is 2.41. The molecule has 0 N–H and O–H groups in total. The number of nitrogens with zero attached hydrogens (tertiary/aromatic N) is 1. The zero-order valence-electron chi connectivity index (χ0n) is 12.4. The number of aromatic nitrogens is 1. The van der Waals surface area contributed by atoms with Crippen molar-refractivity contribution in [3.63, 3.8) is 0 Å². The lowest BCUT2D eigenvalue weighted by atomic mass is 10.0. The molecule has 3 aromatic rings. The number of rotatable bonds is 2. The first-order valence-electron chi connectivity index (χ1n) is 6.76. The first-order valence-corrected chi connectivity index (χ1v) is 7.14. The van der Waals surface area contributed by atoms with Crippen molar-refractivity contribution in [2.24, 2.45) is 0 Å². The van der Waals surface area contributed by atoms with E-state index in [1.54, 1.807) is 26.3 Å². The van der Waals surface area contributed by atoms with Gasteiger partial charge in [0.2, 0.25) is 0 Å². The zero-order valence-corrected chi connectivity index (χ0v) is 13.2. The van der Waals surface area contributed by atoms with E-state index in [-0.39, 0.29) is 5.63 Å². The van der Waals surface area contributed by atoms with Crippen LogP contribution in [-0.4, -0.2) is 12.1 Å². The van der Waals surface area contributed by atoms with Crippen LogP contribution in [-0.2, 0) is 0 Å². The van der Waals surface area contributed by atoms with Crippen LogP contribution < -0.4 is 10.4 Å². The maximum Gasteiger partial charge on any atom is 0.339 e. The van der Waals surface area contributed by atoms with E-state index >= 15 is 0 Å². The highest BCUT2D eigenvalue weighted by molar-refractivity contribution is 6.36. The molecule has 3 rings (SSSR count).